The minimum atomic E-state index is 0.176. The minimum Gasteiger partial charge on any atom is -0.361 e. The molecule has 3 aliphatic rings. The summed E-state index contributed by atoms with van der Waals surface area (Å²) in [6.45, 7) is 7.49. The lowest BCUT2D eigenvalue weighted by atomic mass is 9.90. The molecular weight excluding hydrogens is 444 g/mol. The van der Waals surface area contributed by atoms with Gasteiger partial charge in [0.15, 0.2) is 0 Å². The second kappa shape index (κ2) is 10.8. The molecule has 3 fully saturated rings. The molecule has 1 N–H and O–H groups in total. The molecule has 3 heterocycles. The number of H-pyrrole nitrogens is 1. The number of carbonyl (C=O) groups excluding carboxylic acids is 1. The zero-order valence-electron chi connectivity index (χ0n) is 21.5. The lowest BCUT2D eigenvalue weighted by molar-refractivity contribution is 0.0690. The van der Waals surface area contributed by atoms with E-state index in [1.54, 1.807) is 0 Å². The van der Waals surface area contributed by atoms with Gasteiger partial charge in [-0.05, 0) is 80.8 Å². The summed E-state index contributed by atoms with van der Waals surface area (Å²) in [5.74, 6) is 0.847. The van der Waals surface area contributed by atoms with Gasteiger partial charge in [-0.2, -0.15) is 0 Å². The van der Waals surface area contributed by atoms with E-state index in [2.05, 4.69) is 68.3 Å². The van der Waals surface area contributed by atoms with Crippen LogP contribution < -0.4 is 0 Å². The zero-order chi connectivity index (χ0) is 24.3. The molecule has 0 bridgehead atoms. The molecule has 0 atom stereocenters. The Labute approximate surface area is 215 Å². The maximum Gasteiger partial charge on any atom is 0.253 e. The summed E-state index contributed by atoms with van der Waals surface area (Å²) in [4.78, 5) is 24.1. The van der Waals surface area contributed by atoms with Crippen LogP contribution in [0.3, 0.4) is 0 Å². The number of hydrogen-bond acceptors (Lipinski definition) is 3. The standard InChI is InChI=1S/C31H40N4O/c36-31(35-16-12-25(13-17-35)20-24-6-2-1-3-7-24)26-10-11-29-27(22-32-30(29)21-26)23-33-14-5-15-34(19-18-33)28-8-4-9-28/h1-3,6-7,10-11,21-22,25,28,32H,4-5,8-9,12-20,23H2. The Morgan fingerprint density at radius 1 is 0.861 bits per heavy atom. The van der Waals surface area contributed by atoms with Gasteiger partial charge in [0.2, 0.25) is 0 Å². The minimum absolute atomic E-state index is 0.176. The van der Waals surface area contributed by atoms with Crippen LogP contribution in [0.2, 0.25) is 0 Å². The van der Waals surface area contributed by atoms with Crippen LogP contribution in [0.1, 0.15) is 60.0 Å². The van der Waals surface area contributed by atoms with Crippen LogP contribution in [0.15, 0.2) is 54.7 Å². The number of likely N-dealkylation sites (tertiary alicyclic amines) is 1. The van der Waals surface area contributed by atoms with Crippen molar-refractivity contribution in [1.29, 1.82) is 0 Å². The number of carbonyl (C=O) groups is 1. The monoisotopic (exact) mass is 484 g/mol. The molecule has 190 valence electrons. The predicted octanol–water partition coefficient (Wildman–Crippen LogP) is 5.32. The number of rotatable bonds is 6. The highest BCUT2D eigenvalue weighted by Gasteiger charge is 2.27. The highest BCUT2D eigenvalue weighted by atomic mass is 16.2. The fraction of sp³-hybridized carbons (Fsp3) is 0.516. The molecule has 1 saturated carbocycles. The van der Waals surface area contributed by atoms with Gasteiger partial charge in [0.1, 0.15) is 0 Å². The van der Waals surface area contributed by atoms with Gasteiger partial charge >= 0.3 is 0 Å². The Morgan fingerprint density at radius 3 is 2.47 bits per heavy atom. The number of nitrogens with one attached hydrogen (secondary N) is 1. The van der Waals surface area contributed by atoms with Gasteiger partial charge in [0.05, 0.1) is 0 Å². The number of aromatic nitrogens is 1. The van der Waals surface area contributed by atoms with E-state index in [0.717, 1.165) is 62.6 Å². The van der Waals surface area contributed by atoms with Crippen molar-refractivity contribution in [2.75, 3.05) is 39.3 Å². The highest BCUT2D eigenvalue weighted by molar-refractivity contribution is 5.98. The molecule has 0 spiro atoms. The fourth-order valence-corrected chi connectivity index (χ4v) is 6.43. The highest BCUT2D eigenvalue weighted by Crippen LogP contribution is 2.27. The molecule has 0 unspecified atom stereocenters. The summed E-state index contributed by atoms with van der Waals surface area (Å²) in [5, 5.41) is 1.26. The molecule has 1 aliphatic carbocycles. The average molecular weight is 485 g/mol. The number of hydrogen-bond donors (Lipinski definition) is 1. The SMILES string of the molecule is O=C(c1ccc2c(CN3CCCN(C4CCC4)CC3)c[nH]c2c1)N1CCC(Cc2ccccc2)CC1. The van der Waals surface area contributed by atoms with Crippen molar-refractivity contribution < 1.29 is 4.79 Å². The van der Waals surface area contributed by atoms with E-state index in [1.165, 1.54) is 61.8 Å². The summed E-state index contributed by atoms with van der Waals surface area (Å²) >= 11 is 0. The van der Waals surface area contributed by atoms with Gasteiger partial charge in [0, 0.05) is 61.4 Å². The quantitative estimate of drug-likeness (QED) is 0.515. The summed E-state index contributed by atoms with van der Waals surface area (Å²) in [7, 11) is 0. The molecule has 1 aromatic heterocycles. The van der Waals surface area contributed by atoms with Crippen LogP contribution in [-0.2, 0) is 13.0 Å². The Kier molecular flexibility index (Phi) is 7.11. The van der Waals surface area contributed by atoms with Gasteiger partial charge in [0.25, 0.3) is 5.91 Å². The van der Waals surface area contributed by atoms with Crippen molar-refractivity contribution in [1.82, 2.24) is 19.7 Å². The Bertz CT molecular complexity index is 1160. The molecule has 2 saturated heterocycles. The third-order valence-electron chi connectivity index (χ3n) is 8.89. The van der Waals surface area contributed by atoms with Gasteiger partial charge in [-0.25, -0.2) is 0 Å². The Balaban J connectivity index is 1.05. The molecule has 2 aliphatic heterocycles. The number of amides is 1. The summed E-state index contributed by atoms with van der Waals surface area (Å²) in [6.07, 6.45) is 10.9. The van der Waals surface area contributed by atoms with Crippen LogP contribution in [0.5, 0.6) is 0 Å². The molecule has 2 aromatic carbocycles. The topological polar surface area (TPSA) is 42.6 Å². The summed E-state index contributed by atoms with van der Waals surface area (Å²) in [6, 6.07) is 17.9. The van der Waals surface area contributed by atoms with E-state index in [9.17, 15) is 4.79 Å². The van der Waals surface area contributed by atoms with E-state index in [4.69, 9.17) is 0 Å². The number of nitrogens with zero attached hydrogens (tertiary/aromatic N) is 3. The molecule has 36 heavy (non-hydrogen) atoms. The molecular formula is C31H40N4O. The van der Waals surface area contributed by atoms with Crippen molar-refractivity contribution in [3.05, 3.63) is 71.4 Å². The molecule has 5 nitrogen and oxygen atoms in total. The molecule has 6 rings (SSSR count). The van der Waals surface area contributed by atoms with Gasteiger partial charge < -0.3 is 9.88 Å². The van der Waals surface area contributed by atoms with Crippen LogP contribution >= 0.6 is 0 Å². The fourth-order valence-electron chi connectivity index (χ4n) is 6.43. The lowest BCUT2D eigenvalue weighted by Gasteiger charge is -2.36. The summed E-state index contributed by atoms with van der Waals surface area (Å²) < 4.78 is 0. The normalized spacial score (nSPS) is 20.9. The Hall–Kier alpha value is -2.63. The molecule has 1 amide bonds. The van der Waals surface area contributed by atoms with Crippen molar-refractivity contribution in [2.45, 2.75) is 57.5 Å². The van der Waals surface area contributed by atoms with Crippen molar-refractivity contribution in [3.63, 3.8) is 0 Å². The van der Waals surface area contributed by atoms with Crippen LogP contribution in [-0.4, -0.2) is 70.9 Å². The first kappa shape index (κ1) is 23.7. The van der Waals surface area contributed by atoms with E-state index in [1.807, 2.05) is 6.07 Å². The summed E-state index contributed by atoms with van der Waals surface area (Å²) in [5.41, 5.74) is 4.65. The van der Waals surface area contributed by atoms with Gasteiger partial charge in [-0.3, -0.25) is 14.6 Å². The van der Waals surface area contributed by atoms with Gasteiger partial charge in [-0.1, -0.05) is 42.8 Å². The third-order valence-corrected chi connectivity index (χ3v) is 8.89. The first-order valence-electron chi connectivity index (χ1n) is 14.1. The molecule has 5 heteroatoms. The van der Waals surface area contributed by atoms with E-state index in [-0.39, 0.29) is 5.91 Å². The lowest BCUT2D eigenvalue weighted by Crippen LogP contribution is -2.42. The van der Waals surface area contributed by atoms with E-state index >= 15 is 0 Å². The van der Waals surface area contributed by atoms with Crippen LogP contribution in [0.25, 0.3) is 10.9 Å². The molecule has 0 radical (unpaired) electrons. The number of fused-ring (bicyclic) bond motifs is 1. The number of benzene rings is 2. The van der Waals surface area contributed by atoms with Crippen LogP contribution in [0.4, 0.5) is 0 Å². The van der Waals surface area contributed by atoms with Crippen molar-refractivity contribution in [3.8, 4) is 0 Å². The predicted molar refractivity (Wildman–Crippen MR) is 146 cm³/mol. The van der Waals surface area contributed by atoms with Gasteiger partial charge in [-0.15, -0.1) is 0 Å². The van der Waals surface area contributed by atoms with Crippen LogP contribution in [0, 0.1) is 5.92 Å². The zero-order valence-corrected chi connectivity index (χ0v) is 21.5. The van der Waals surface area contributed by atoms with Crippen molar-refractivity contribution >= 4 is 16.8 Å². The van der Waals surface area contributed by atoms with E-state index in [0.29, 0.717) is 5.92 Å². The number of piperidine rings is 1. The second-order valence-corrected chi connectivity index (χ2v) is 11.2. The largest absolute Gasteiger partial charge is 0.361 e. The number of aromatic amines is 1. The Morgan fingerprint density at radius 2 is 1.69 bits per heavy atom. The first-order chi connectivity index (χ1) is 17.7. The second-order valence-electron chi connectivity index (χ2n) is 11.2. The maximum absolute atomic E-state index is 13.3. The third kappa shape index (κ3) is 5.23. The van der Waals surface area contributed by atoms with Crippen molar-refractivity contribution in [2.24, 2.45) is 5.92 Å². The molecule has 3 aromatic rings. The average Bonchev–Trinajstić information content (AvgIpc) is 3.14. The first-order valence-corrected chi connectivity index (χ1v) is 14.1. The smallest absolute Gasteiger partial charge is 0.253 e. The van der Waals surface area contributed by atoms with E-state index < -0.39 is 0 Å². The maximum atomic E-state index is 13.3.